The predicted octanol–water partition coefficient (Wildman–Crippen LogP) is 2.35. The van der Waals surface area contributed by atoms with Gasteiger partial charge >= 0.3 is 0 Å². The van der Waals surface area contributed by atoms with Crippen molar-refractivity contribution in [1.29, 1.82) is 0 Å². The lowest BCUT2D eigenvalue weighted by atomic mass is 10.0. The highest BCUT2D eigenvalue weighted by Crippen LogP contribution is 2.15. The Kier molecular flexibility index (Phi) is 5.07. The molecule has 1 aliphatic rings. The fraction of sp³-hybridized carbons (Fsp3) is 1.00. The van der Waals surface area contributed by atoms with Gasteiger partial charge in [-0.25, -0.2) is 0 Å². The van der Waals surface area contributed by atoms with E-state index in [0.29, 0.717) is 6.04 Å². The van der Waals surface area contributed by atoms with Crippen LogP contribution in [0.1, 0.15) is 41.0 Å². The highest BCUT2D eigenvalue weighted by Gasteiger charge is 2.24. The minimum absolute atomic E-state index is 0.675. The van der Waals surface area contributed by atoms with Gasteiger partial charge in [0.15, 0.2) is 0 Å². The van der Waals surface area contributed by atoms with Gasteiger partial charge in [0.1, 0.15) is 0 Å². The molecule has 0 aromatic rings. The highest BCUT2D eigenvalue weighted by atomic mass is 15.2. The highest BCUT2D eigenvalue weighted by molar-refractivity contribution is 4.83. The maximum Gasteiger partial charge on any atom is 0.0218 e. The largest absolute Gasteiger partial charge is 0.312 e. The number of nitrogens with zero attached hydrogens (tertiary/aromatic N) is 1. The van der Waals surface area contributed by atoms with Crippen LogP contribution in [0.5, 0.6) is 0 Å². The van der Waals surface area contributed by atoms with Crippen LogP contribution in [-0.4, -0.2) is 36.6 Å². The van der Waals surface area contributed by atoms with E-state index in [1.54, 1.807) is 0 Å². The summed E-state index contributed by atoms with van der Waals surface area (Å²) >= 11 is 0. The van der Waals surface area contributed by atoms with Gasteiger partial charge < -0.3 is 5.32 Å². The SMILES string of the molecule is CC(C)CN1CC(C(C)C)NCCC1C. The molecule has 0 amide bonds. The maximum absolute atomic E-state index is 3.67. The van der Waals surface area contributed by atoms with Crippen molar-refractivity contribution >= 4 is 0 Å². The van der Waals surface area contributed by atoms with E-state index in [1.165, 1.54) is 26.1 Å². The molecule has 0 spiro atoms. The Balaban J connectivity index is 2.56. The molecule has 0 bridgehead atoms. The van der Waals surface area contributed by atoms with Crippen LogP contribution in [0.25, 0.3) is 0 Å². The molecule has 1 rings (SSSR count). The molecular weight excluding hydrogens is 184 g/mol. The molecule has 90 valence electrons. The molecule has 0 radical (unpaired) electrons. The van der Waals surface area contributed by atoms with Crippen LogP contribution in [0, 0.1) is 11.8 Å². The first-order valence-electron chi connectivity index (χ1n) is 6.48. The third-order valence-electron chi connectivity index (χ3n) is 3.43. The van der Waals surface area contributed by atoms with E-state index in [9.17, 15) is 0 Å². The lowest BCUT2D eigenvalue weighted by Crippen LogP contribution is -2.44. The quantitative estimate of drug-likeness (QED) is 0.772. The summed E-state index contributed by atoms with van der Waals surface area (Å²) in [6.45, 7) is 15.3. The standard InChI is InChI=1S/C13H28N2/c1-10(2)8-15-9-13(11(3)4)14-7-6-12(15)5/h10-14H,6-9H2,1-5H3. The lowest BCUT2D eigenvalue weighted by molar-refractivity contribution is 0.172. The second-order valence-corrected chi connectivity index (χ2v) is 5.79. The summed E-state index contributed by atoms with van der Waals surface area (Å²) in [5.41, 5.74) is 0. The third-order valence-corrected chi connectivity index (χ3v) is 3.43. The molecule has 0 saturated carbocycles. The molecule has 0 aromatic heterocycles. The summed E-state index contributed by atoms with van der Waals surface area (Å²) in [6, 6.07) is 1.41. The van der Waals surface area contributed by atoms with Gasteiger partial charge in [-0.1, -0.05) is 27.7 Å². The van der Waals surface area contributed by atoms with E-state index in [2.05, 4.69) is 44.8 Å². The topological polar surface area (TPSA) is 15.3 Å². The van der Waals surface area contributed by atoms with Crippen molar-refractivity contribution < 1.29 is 0 Å². The number of nitrogens with one attached hydrogen (secondary N) is 1. The Morgan fingerprint density at radius 2 is 1.93 bits per heavy atom. The van der Waals surface area contributed by atoms with Crippen molar-refractivity contribution in [2.45, 2.75) is 53.1 Å². The van der Waals surface area contributed by atoms with Crippen LogP contribution in [0.4, 0.5) is 0 Å². The lowest BCUT2D eigenvalue weighted by Gasteiger charge is -2.31. The Labute approximate surface area is 95.4 Å². The van der Waals surface area contributed by atoms with Gasteiger partial charge in [0.05, 0.1) is 0 Å². The van der Waals surface area contributed by atoms with Crippen LogP contribution in [0.3, 0.4) is 0 Å². The normalized spacial score (nSPS) is 29.8. The fourth-order valence-electron chi connectivity index (χ4n) is 2.33. The first kappa shape index (κ1) is 13.0. The van der Waals surface area contributed by atoms with E-state index in [-0.39, 0.29) is 0 Å². The number of rotatable bonds is 3. The zero-order chi connectivity index (χ0) is 11.4. The third kappa shape index (κ3) is 4.12. The minimum atomic E-state index is 0.675. The smallest absolute Gasteiger partial charge is 0.0218 e. The average molecular weight is 212 g/mol. The Morgan fingerprint density at radius 3 is 2.47 bits per heavy atom. The zero-order valence-electron chi connectivity index (χ0n) is 11.1. The molecule has 1 aliphatic heterocycles. The van der Waals surface area contributed by atoms with Crippen molar-refractivity contribution in [3.05, 3.63) is 0 Å². The van der Waals surface area contributed by atoms with E-state index in [4.69, 9.17) is 0 Å². The average Bonchev–Trinajstić information content (AvgIpc) is 2.28. The molecule has 2 heteroatoms. The Hall–Kier alpha value is -0.0800. The molecular formula is C13H28N2. The van der Waals surface area contributed by atoms with Crippen molar-refractivity contribution in [2.75, 3.05) is 19.6 Å². The summed E-state index contributed by atoms with van der Waals surface area (Å²) < 4.78 is 0. The predicted molar refractivity (Wildman–Crippen MR) is 67.1 cm³/mol. The molecule has 0 aliphatic carbocycles. The van der Waals surface area contributed by atoms with Gasteiger partial charge in [-0.3, -0.25) is 4.90 Å². The Bertz CT molecular complexity index is 177. The Morgan fingerprint density at radius 1 is 1.27 bits per heavy atom. The first-order chi connectivity index (χ1) is 7.00. The first-order valence-corrected chi connectivity index (χ1v) is 6.48. The van der Waals surface area contributed by atoms with Crippen LogP contribution >= 0.6 is 0 Å². The fourth-order valence-corrected chi connectivity index (χ4v) is 2.33. The molecule has 15 heavy (non-hydrogen) atoms. The number of hydrogen-bond donors (Lipinski definition) is 1. The second-order valence-electron chi connectivity index (χ2n) is 5.79. The molecule has 2 unspecified atom stereocenters. The van der Waals surface area contributed by atoms with Crippen molar-refractivity contribution in [1.82, 2.24) is 10.2 Å². The van der Waals surface area contributed by atoms with E-state index in [0.717, 1.165) is 17.9 Å². The van der Waals surface area contributed by atoms with Crippen molar-refractivity contribution in [3.8, 4) is 0 Å². The van der Waals surface area contributed by atoms with Gasteiger partial charge in [0.2, 0.25) is 0 Å². The van der Waals surface area contributed by atoms with Crippen LogP contribution in [0.15, 0.2) is 0 Å². The molecule has 2 atom stereocenters. The zero-order valence-corrected chi connectivity index (χ0v) is 11.1. The van der Waals surface area contributed by atoms with Crippen LogP contribution in [-0.2, 0) is 0 Å². The van der Waals surface area contributed by atoms with E-state index >= 15 is 0 Å². The van der Waals surface area contributed by atoms with Gasteiger partial charge in [0.25, 0.3) is 0 Å². The molecule has 1 saturated heterocycles. The second kappa shape index (κ2) is 5.86. The van der Waals surface area contributed by atoms with Crippen LogP contribution < -0.4 is 5.32 Å². The monoisotopic (exact) mass is 212 g/mol. The molecule has 0 aromatic carbocycles. The minimum Gasteiger partial charge on any atom is -0.312 e. The molecule has 2 nitrogen and oxygen atoms in total. The van der Waals surface area contributed by atoms with Gasteiger partial charge in [-0.05, 0) is 31.7 Å². The summed E-state index contributed by atoms with van der Waals surface area (Å²) in [5, 5.41) is 3.67. The van der Waals surface area contributed by atoms with E-state index in [1.807, 2.05) is 0 Å². The summed E-state index contributed by atoms with van der Waals surface area (Å²) in [6.07, 6.45) is 1.29. The summed E-state index contributed by atoms with van der Waals surface area (Å²) in [4.78, 5) is 2.66. The van der Waals surface area contributed by atoms with Crippen molar-refractivity contribution in [3.63, 3.8) is 0 Å². The van der Waals surface area contributed by atoms with Gasteiger partial charge in [0, 0.05) is 25.2 Å². The van der Waals surface area contributed by atoms with Gasteiger partial charge in [-0.2, -0.15) is 0 Å². The number of hydrogen-bond acceptors (Lipinski definition) is 2. The van der Waals surface area contributed by atoms with E-state index < -0.39 is 0 Å². The van der Waals surface area contributed by atoms with Crippen LogP contribution in [0.2, 0.25) is 0 Å². The van der Waals surface area contributed by atoms with Crippen molar-refractivity contribution in [2.24, 2.45) is 11.8 Å². The molecule has 1 N–H and O–H groups in total. The molecule has 1 fully saturated rings. The summed E-state index contributed by atoms with van der Waals surface area (Å²) in [5.74, 6) is 1.52. The van der Waals surface area contributed by atoms with Gasteiger partial charge in [-0.15, -0.1) is 0 Å². The maximum atomic E-state index is 3.67. The molecule has 1 heterocycles. The summed E-state index contributed by atoms with van der Waals surface area (Å²) in [7, 11) is 0.